The lowest BCUT2D eigenvalue weighted by atomic mass is 9.76. The summed E-state index contributed by atoms with van der Waals surface area (Å²) in [5.74, 6) is -1.91. The zero-order valence-electron chi connectivity index (χ0n) is 28.3. The van der Waals surface area contributed by atoms with Crippen LogP contribution in [0.15, 0.2) is 66.2 Å². The molecule has 0 aromatic heterocycles. The Balaban J connectivity index is 2.30. The molecule has 2 rings (SSSR count). The van der Waals surface area contributed by atoms with Gasteiger partial charge in [0.1, 0.15) is 6.04 Å². The molecule has 11 heteroatoms. The van der Waals surface area contributed by atoms with Gasteiger partial charge in [0.25, 0.3) is 5.91 Å². The number of nitrogens with two attached hydrogens (primary N) is 1. The van der Waals surface area contributed by atoms with Crippen LogP contribution < -0.4 is 21.1 Å². The Morgan fingerprint density at radius 3 is 1.98 bits per heavy atom. The summed E-state index contributed by atoms with van der Waals surface area (Å²) in [5.41, 5.74) is 6.81. The number of hydrogen-bond donors (Lipinski definition) is 4. The number of sulfonamides is 1. The van der Waals surface area contributed by atoms with Gasteiger partial charge >= 0.3 is 0 Å². The number of carbonyl (C=O) groups excluding carboxylic acids is 3. The van der Waals surface area contributed by atoms with Gasteiger partial charge in [-0.05, 0) is 48.6 Å². The lowest BCUT2D eigenvalue weighted by Crippen LogP contribution is -2.61. The fraction of sp³-hybridized carbons (Fsp3) is 0.500. The average molecular weight is 642 g/mol. The number of benzene rings is 2. The number of nitrogen functional groups attached to an aromatic ring is 1. The molecule has 3 amide bonds. The smallest absolute Gasteiger partial charge is 0.260 e. The van der Waals surface area contributed by atoms with Crippen molar-refractivity contribution in [1.82, 2.24) is 20.3 Å². The molecule has 0 bridgehead atoms. The second-order valence-corrected chi connectivity index (χ2v) is 15.3. The third kappa shape index (κ3) is 10.2. The molecule has 3 atom stereocenters. The predicted molar refractivity (Wildman–Crippen MR) is 180 cm³/mol. The van der Waals surface area contributed by atoms with Crippen molar-refractivity contribution in [1.29, 1.82) is 0 Å². The minimum absolute atomic E-state index is 0.131. The minimum atomic E-state index is -3.94. The molecule has 45 heavy (non-hydrogen) atoms. The molecule has 0 aliphatic rings. The maximum Gasteiger partial charge on any atom is 0.260 e. The maximum absolute atomic E-state index is 14.1. The summed E-state index contributed by atoms with van der Waals surface area (Å²) >= 11 is 0. The first-order valence-corrected chi connectivity index (χ1v) is 16.7. The summed E-state index contributed by atoms with van der Waals surface area (Å²) in [6.07, 6.45) is 1.60. The second-order valence-electron chi connectivity index (χ2n) is 13.6. The number of rotatable bonds is 13. The van der Waals surface area contributed by atoms with Gasteiger partial charge in [0, 0.05) is 23.7 Å². The van der Waals surface area contributed by atoms with Gasteiger partial charge in [-0.15, -0.1) is 0 Å². The highest BCUT2D eigenvalue weighted by Gasteiger charge is 2.41. The number of carbonyl (C=O) groups is 3. The first-order valence-electron chi connectivity index (χ1n) is 15.1. The number of hydrogen-bond acceptors (Lipinski definition) is 7. The number of nitrogens with zero attached hydrogens (tertiary/aromatic N) is 1. The number of nitrogens with one attached hydrogen (secondary N) is 3. The average Bonchev–Trinajstić information content (AvgIpc) is 2.93. The zero-order chi connectivity index (χ0) is 34.3. The van der Waals surface area contributed by atoms with Gasteiger partial charge in [-0.2, -0.15) is 0 Å². The highest BCUT2D eigenvalue weighted by Crippen LogP contribution is 2.29. The van der Waals surface area contributed by atoms with Crippen molar-refractivity contribution in [3.8, 4) is 0 Å². The molecule has 0 radical (unpaired) electrons. The maximum atomic E-state index is 14.1. The van der Waals surface area contributed by atoms with Crippen LogP contribution in [0.5, 0.6) is 0 Å². The second kappa shape index (κ2) is 15.1. The van der Waals surface area contributed by atoms with E-state index in [0.717, 1.165) is 5.56 Å². The molecule has 5 N–H and O–H groups in total. The fourth-order valence-electron chi connectivity index (χ4n) is 5.26. The van der Waals surface area contributed by atoms with E-state index in [2.05, 4.69) is 15.4 Å². The number of likely N-dealkylation sites (N-methyl/N-ethyl adjacent to an activating group) is 2. The fourth-order valence-corrected chi connectivity index (χ4v) is 6.41. The first-order chi connectivity index (χ1) is 20.7. The molecule has 0 heterocycles. The van der Waals surface area contributed by atoms with Crippen LogP contribution in [-0.4, -0.2) is 63.3 Å². The first kappa shape index (κ1) is 37.5. The summed E-state index contributed by atoms with van der Waals surface area (Å²) in [4.78, 5) is 42.3. The Labute approximate surface area is 269 Å². The van der Waals surface area contributed by atoms with E-state index in [4.69, 9.17) is 5.73 Å². The molecular formula is C34H51N5O5S. The molecule has 0 saturated carbocycles. The quantitative estimate of drug-likeness (QED) is 0.192. The molecule has 0 aliphatic heterocycles. The number of anilines is 1. The molecule has 0 spiro atoms. The molecule has 3 unspecified atom stereocenters. The Morgan fingerprint density at radius 2 is 1.49 bits per heavy atom. The van der Waals surface area contributed by atoms with Gasteiger partial charge in [0.2, 0.25) is 21.8 Å². The Morgan fingerprint density at radius 1 is 0.933 bits per heavy atom. The highest BCUT2D eigenvalue weighted by atomic mass is 32.2. The Hall–Kier alpha value is -3.70. The van der Waals surface area contributed by atoms with Gasteiger partial charge in [-0.1, -0.05) is 97.0 Å². The molecule has 0 aliphatic carbocycles. The Kier molecular flexibility index (Phi) is 12.5. The van der Waals surface area contributed by atoms with E-state index in [1.54, 1.807) is 62.6 Å². The van der Waals surface area contributed by atoms with Crippen molar-refractivity contribution in [3.05, 3.63) is 77.4 Å². The van der Waals surface area contributed by atoms with E-state index in [-0.39, 0.29) is 29.1 Å². The molecule has 248 valence electrons. The summed E-state index contributed by atoms with van der Waals surface area (Å²) < 4.78 is 27.5. The van der Waals surface area contributed by atoms with Crippen LogP contribution in [0.4, 0.5) is 5.69 Å². The third-order valence-electron chi connectivity index (χ3n) is 8.03. The normalized spacial score (nSPS) is 14.8. The standard InChI is InChI=1S/C34H51N5O5S/c1-22(2)27(20-23(3)30(40)38-45(43,44)21-24-14-12-11-13-15-24)39(10)32(42)29(33(4,5)6)37-31(41)28(36-9)34(7,8)25-16-18-26(35)19-17-25/h11-20,22,27-29,36H,21,35H2,1-10H3,(H,37,41)(H,38,40). The lowest BCUT2D eigenvalue weighted by Gasteiger charge is -2.40. The zero-order valence-corrected chi connectivity index (χ0v) is 29.1. The van der Waals surface area contributed by atoms with E-state index in [0.29, 0.717) is 11.3 Å². The van der Waals surface area contributed by atoms with Crippen molar-refractivity contribution >= 4 is 33.4 Å². The van der Waals surface area contributed by atoms with Crippen LogP contribution in [0.1, 0.15) is 66.5 Å². The van der Waals surface area contributed by atoms with E-state index < -0.39 is 44.9 Å². The largest absolute Gasteiger partial charge is 0.399 e. The molecule has 2 aromatic carbocycles. The van der Waals surface area contributed by atoms with Crippen LogP contribution in [0.3, 0.4) is 0 Å². The van der Waals surface area contributed by atoms with Gasteiger partial charge in [0.15, 0.2) is 0 Å². The van der Waals surface area contributed by atoms with E-state index in [1.165, 1.54) is 11.8 Å². The monoisotopic (exact) mass is 641 g/mol. The van der Waals surface area contributed by atoms with E-state index >= 15 is 0 Å². The minimum Gasteiger partial charge on any atom is -0.399 e. The summed E-state index contributed by atoms with van der Waals surface area (Å²) in [6.45, 7) is 14.8. The molecule has 0 fully saturated rings. The Bertz CT molecular complexity index is 1460. The highest BCUT2D eigenvalue weighted by molar-refractivity contribution is 7.89. The van der Waals surface area contributed by atoms with Gasteiger partial charge in [-0.3, -0.25) is 14.4 Å². The number of amides is 3. The molecular weight excluding hydrogens is 590 g/mol. The van der Waals surface area contributed by atoms with Crippen molar-refractivity contribution in [3.63, 3.8) is 0 Å². The molecule has 2 aromatic rings. The lowest BCUT2D eigenvalue weighted by molar-refractivity contribution is -0.140. The summed E-state index contributed by atoms with van der Waals surface area (Å²) in [7, 11) is -0.614. The summed E-state index contributed by atoms with van der Waals surface area (Å²) in [6, 6.07) is 13.8. The van der Waals surface area contributed by atoms with E-state index in [9.17, 15) is 22.8 Å². The van der Waals surface area contributed by atoms with Gasteiger partial charge in [0.05, 0.1) is 17.8 Å². The molecule has 10 nitrogen and oxygen atoms in total. The van der Waals surface area contributed by atoms with Crippen molar-refractivity contribution in [2.75, 3.05) is 19.8 Å². The third-order valence-corrected chi connectivity index (χ3v) is 9.24. The van der Waals surface area contributed by atoms with E-state index in [1.807, 2.05) is 60.6 Å². The van der Waals surface area contributed by atoms with Crippen molar-refractivity contribution < 1.29 is 22.8 Å². The molecule has 0 saturated heterocycles. The van der Waals surface area contributed by atoms with Gasteiger partial charge < -0.3 is 21.3 Å². The van der Waals surface area contributed by atoms with Crippen LogP contribution in [0.25, 0.3) is 0 Å². The van der Waals surface area contributed by atoms with Crippen LogP contribution >= 0.6 is 0 Å². The van der Waals surface area contributed by atoms with Crippen molar-refractivity contribution in [2.45, 2.75) is 84.7 Å². The van der Waals surface area contributed by atoms with Crippen LogP contribution in [0.2, 0.25) is 0 Å². The van der Waals surface area contributed by atoms with Crippen LogP contribution in [0, 0.1) is 11.3 Å². The van der Waals surface area contributed by atoms with Crippen molar-refractivity contribution in [2.24, 2.45) is 11.3 Å². The summed E-state index contributed by atoms with van der Waals surface area (Å²) in [5, 5.41) is 6.13. The SMILES string of the molecule is CNC(C(=O)NC(C(=O)N(C)C(C=C(C)C(=O)NS(=O)(=O)Cc1ccccc1)C(C)C)C(C)(C)C)C(C)(C)c1ccc(N)cc1. The van der Waals surface area contributed by atoms with Crippen LogP contribution in [-0.2, 0) is 35.6 Å². The topological polar surface area (TPSA) is 151 Å². The van der Waals surface area contributed by atoms with Gasteiger partial charge in [-0.25, -0.2) is 13.1 Å². The predicted octanol–water partition coefficient (Wildman–Crippen LogP) is 3.74.